The van der Waals surface area contributed by atoms with Crippen LogP contribution in [0.1, 0.15) is 12.8 Å². The largest absolute Gasteiger partial charge is 0.378 e. The quantitative estimate of drug-likeness (QED) is 0.574. The van der Waals surface area contributed by atoms with Gasteiger partial charge in [0.25, 0.3) is 0 Å². The average Bonchev–Trinajstić information content (AvgIpc) is 2.75. The van der Waals surface area contributed by atoms with Crippen molar-refractivity contribution in [2.24, 2.45) is 0 Å². The van der Waals surface area contributed by atoms with Gasteiger partial charge in [-0.15, -0.1) is 0 Å². The minimum atomic E-state index is 0.0155. The molecule has 1 aliphatic rings. The molecule has 0 bridgehead atoms. The van der Waals surface area contributed by atoms with Crippen molar-refractivity contribution in [3.8, 4) is 0 Å². The number of carbonyl (C=O) groups is 1. The molecule has 0 aromatic rings. The number of nitrogens with one attached hydrogen (secondary N) is 2. The van der Waals surface area contributed by atoms with E-state index in [1.807, 2.05) is 14.1 Å². The van der Waals surface area contributed by atoms with Crippen molar-refractivity contribution in [1.29, 1.82) is 0 Å². The van der Waals surface area contributed by atoms with Crippen LogP contribution in [0.15, 0.2) is 0 Å². The Labute approximate surface area is 97.5 Å². The summed E-state index contributed by atoms with van der Waals surface area (Å²) in [6.07, 6.45) is 2.05. The Bertz CT molecular complexity index is 203. The molecule has 1 saturated heterocycles. The van der Waals surface area contributed by atoms with Gasteiger partial charge in [0.1, 0.15) is 0 Å². The smallest absolute Gasteiger partial charge is 0.237 e. The second kappa shape index (κ2) is 7.60. The summed E-state index contributed by atoms with van der Waals surface area (Å²) in [4.78, 5) is 13.6. The highest BCUT2D eigenvalue weighted by Crippen LogP contribution is 2.03. The molecule has 1 unspecified atom stereocenters. The SMILES string of the molecule is CN(C)CCOCCNC(=O)C1CCCN1. The summed E-state index contributed by atoms with van der Waals surface area (Å²) in [6.45, 7) is 3.77. The molecule has 5 heteroatoms. The summed E-state index contributed by atoms with van der Waals surface area (Å²) in [6, 6.07) is 0.0155. The van der Waals surface area contributed by atoms with Crippen molar-refractivity contribution in [2.45, 2.75) is 18.9 Å². The highest BCUT2D eigenvalue weighted by atomic mass is 16.5. The summed E-state index contributed by atoms with van der Waals surface area (Å²) in [5.74, 6) is 0.105. The predicted molar refractivity (Wildman–Crippen MR) is 63.4 cm³/mol. The van der Waals surface area contributed by atoms with E-state index >= 15 is 0 Å². The zero-order valence-corrected chi connectivity index (χ0v) is 10.3. The minimum Gasteiger partial charge on any atom is -0.378 e. The topological polar surface area (TPSA) is 53.6 Å². The second-order valence-corrected chi connectivity index (χ2v) is 4.36. The van der Waals surface area contributed by atoms with Crippen LogP contribution in [0, 0.1) is 0 Å². The first-order valence-electron chi connectivity index (χ1n) is 5.93. The number of likely N-dealkylation sites (N-methyl/N-ethyl adjacent to an activating group) is 1. The molecule has 1 rings (SSSR count). The van der Waals surface area contributed by atoms with Crippen molar-refractivity contribution in [2.75, 3.05) is 46.9 Å². The lowest BCUT2D eigenvalue weighted by molar-refractivity contribution is -0.123. The predicted octanol–water partition coefficient (Wildman–Crippen LogP) is -0.567. The van der Waals surface area contributed by atoms with Gasteiger partial charge in [-0.25, -0.2) is 0 Å². The summed E-state index contributed by atoms with van der Waals surface area (Å²) >= 11 is 0. The van der Waals surface area contributed by atoms with Crippen LogP contribution in [0.4, 0.5) is 0 Å². The Morgan fingerprint density at radius 3 is 2.94 bits per heavy atom. The molecule has 1 fully saturated rings. The fraction of sp³-hybridized carbons (Fsp3) is 0.909. The third-order valence-corrected chi connectivity index (χ3v) is 2.61. The molecule has 2 N–H and O–H groups in total. The second-order valence-electron chi connectivity index (χ2n) is 4.36. The molecule has 0 aromatic carbocycles. The number of ether oxygens (including phenoxy) is 1. The fourth-order valence-corrected chi connectivity index (χ4v) is 1.63. The average molecular weight is 229 g/mol. The molecule has 94 valence electrons. The van der Waals surface area contributed by atoms with Crippen LogP contribution in [0.3, 0.4) is 0 Å². The van der Waals surface area contributed by atoms with Crippen molar-refractivity contribution >= 4 is 5.91 Å². The molecule has 5 nitrogen and oxygen atoms in total. The summed E-state index contributed by atoms with van der Waals surface area (Å²) in [5, 5.41) is 6.04. The summed E-state index contributed by atoms with van der Waals surface area (Å²) in [5.41, 5.74) is 0. The molecular weight excluding hydrogens is 206 g/mol. The van der Waals surface area contributed by atoms with E-state index in [1.165, 1.54) is 0 Å². The van der Waals surface area contributed by atoms with E-state index in [1.54, 1.807) is 0 Å². The van der Waals surface area contributed by atoms with Gasteiger partial charge in [-0.05, 0) is 33.5 Å². The van der Waals surface area contributed by atoms with Crippen molar-refractivity contribution in [1.82, 2.24) is 15.5 Å². The third kappa shape index (κ3) is 5.44. The molecule has 0 spiro atoms. The number of amides is 1. The zero-order chi connectivity index (χ0) is 11.8. The Hall–Kier alpha value is -0.650. The standard InChI is InChI=1S/C11H23N3O2/c1-14(2)7-9-16-8-6-13-11(15)10-4-3-5-12-10/h10,12H,3-9H2,1-2H3,(H,13,15). The van der Waals surface area contributed by atoms with Gasteiger partial charge in [0, 0.05) is 13.1 Å². The highest BCUT2D eigenvalue weighted by molar-refractivity contribution is 5.81. The number of rotatable bonds is 7. The Morgan fingerprint density at radius 2 is 2.31 bits per heavy atom. The van der Waals surface area contributed by atoms with Gasteiger partial charge in [-0.3, -0.25) is 4.79 Å². The van der Waals surface area contributed by atoms with Crippen LogP contribution >= 0.6 is 0 Å². The van der Waals surface area contributed by atoms with E-state index < -0.39 is 0 Å². The summed E-state index contributed by atoms with van der Waals surface area (Å²) in [7, 11) is 4.02. The van der Waals surface area contributed by atoms with Gasteiger partial charge >= 0.3 is 0 Å². The maximum atomic E-state index is 11.5. The molecular formula is C11H23N3O2. The monoisotopic (exact) mass is 229 g/mol. The van der Waals surface area contributed by atoms with Crippen molar-refractivity contribution < 1.29 is 9.53 Å². The van der Waals surface area contributed by atoms with E-state index in [4.69, 9.17) is 4.74 Å². The fourth-order valence-electron chi connectivity index (χ4n) is 1.63. The van der Waals surface area contributed by atoms with Gasteiger partial charge in [0.2, 0.25) is 5.91 Å². The molecule has 1 aliphatic heterocycles. The lowest BCUT2D eigenvalue weighted by atomic mass is 10.2. The summed E-state index contributed by atoms with van der Waals surface area (Å²) < 4.78 is 5.38. The van der Waals surface area contributed by atoms with Gasteiger partial charge in [-0.1, -0.05) is 0 Å². The lowest BCUT2D eigenvalue weighted by Gasteiger charge is -2.12. The van der Waals surface area contributed by atoms with Crippen LogP contribution in [-0.4, -0.2) is 63.8 Å². The number of nitrogens with zero attached hydrogens (tertiary/aromatic N) is 1. The molecule has 16 heavy (non-hydrogen) atoms. The Balaban J connectivity index is 1.92. The van der Waals surface area contributed by atoms with Crippen molar-refractivity contribution in [3.05, 3.63) is 0 Å². The van der Waals surface area contributed by atoms with E-state index in [0.717, 1.165) is 25.9 Å². The number of hydrogen-bond donors (Lipinski definition) is 2. The van der Waals surface area contributed by atoms with Gasteiger partial charge in [-0.2, -0.15) is 0 Å². The molecule has 1 amide bonds. The van der Waals surface area contributed by atoms with E-state index in [-0.39, 0.29) is 11.9 Å². The van der Waals surface area contributed by atoms with E-state index in [0.29, 0.717) is 19.8 Å². The first kappa shape index (κ1) is 13.4. The van der Waals surface area contributed by atoms with Crippen LogP contribution in [-0.2, 0) is 9.53 Å². The van der Waals surface area contributed by atoms with E-state index in [9.17, 15) is 4.79 Å². The minimum absolute atomic E-state index is 0.0155. The zero-order valence-electron chi connectivity index (χ0n) is 10.3. The Kier molecular flexibility index (Phi) is 6.37. The van der Waals surface area contributed by atoms with Crippen LogP contribution < -0.4 is 10.6 Å². The van der Waals surface area contributed by atoms with E-state index in [2.05, 4.69) is 15.5 Å². The molecule has 1 atom stereocenters. The first-order chi connectivity index (χ1) is 7.70. The van der Waals surface area contributed by atoms with Crippen molar-refractivity contribution in [3.63, 3.8) is 0 Å². The van der Waals surface area contributed by atoms with Gasteiger partial charge in [0.15, 0.2) is 0 Å². The molecule has 1 heterocycles. The third-order valence-electron chi connectivity index (χ3n) is 2.61. The molecule has 0 radical (unpaired) electrons. The van der Waals surface area contributed by atoms with Crippen LogP contribution in [0.2, 0.25) is 0 Å². The number of hydrogen-bond acceptors (Lipinski definition) is 4. The maximum absolute atomic E-state index is 11.5. The van der Waals surface area contributed by atoms with Crippen LogP contribution in [0.5, 0.6) is 0 Å². The number of carbonyl (C=O) groups excluding carboxylic acids is 1. The highest BCUT2D eigenvalue weighted by Gasteiger charge is 2.20. The molecule has 0 aliphatic carbocycles. The Morgan fingerprint density at radius 1 is 1.50 bits per heavy atom. The first-order valence-corrected chi connectivity index (χ1v) is 5.93. The lowest BCUT2D eigenvalue weighted by Crippen LogP contribution is -2.41. The van der Waals surface area contributed by atoms with Gasteiger partial charge < -0.3 is 20.3 Å². The maximum Gasteiger partial charge on any atom is 0.237 e. The van der Waals surface area contributed by atoms with Gasteiger partial charge in [0.05, 0.1) is 19.3 Å². The normalized spacial score (nSPS) is 20.3. The molecule has 0 saturated carbocycles. The molecule has 0 aromatic heterocycles. The van der Waals surface area contributed by atoms with Crippen LogP contribution in [0.25, 0.3) is 0 Å².